The topological polar surface area (TPSA) is 43.3 Å². The van der Waals surface area contributed by atoms with Crippen molar-refractivity contribution in [3.8, 4) is 5.75 Å². The van der Waals surface area contributed by atoms with Gasteiger partial charge in [0.2, 0.25) is 0 Å². The van der Waals surface area contributed by atoms with Crippen LogP contribution in [0.4, 0.5) is 0 Å². The van der Waals surface area contributed by atoms with Gasteiger partial charge in [-0.25, -0.2) is 0 Å². The predicted molar refractivity (Wildman–Crippen MR) is 95.1 cm³/mol. The number of carbonyl (C=O) groups excluding carboxylic acids is 1. The van der Waals surface area contributed by atoms with Crippen molar-refractivity contribution in [1.82, 2.24) is 9.88 Å². The molecule has 0 spiro atoms. The van der Waals surface area contributed by atoms with Crippen LogP contribution in [0.2, 0.25) is 0 Å². The van der Waals surface area contributed by atoms with Crippen LogP contribution in [-0.2, 0) is 6.54 Å². The Morgan fingerprint density at radius 1 is 1.35 bits per heavy atom. The molecule has 0 aliphatic rings. The molecule has 1 N–H and O–H groups in total. The molecule has 23 heavy (non-hydrogen) atoms. The van der Waals surface area contributed by atoms with Crippen LogP contribution in [0.5, 0.6) is 5.75 Å². The minimum absolute atomic E-state index is 0.0688. The molecule has 1 aromatic carbocycles. The second-order valence-electron chi connectivity index (χ2n) is 6.54. The van der Waals surface area contributed by atoms with Gasteiger partial charge < -0.3 is 14.6 Å². The van der Waals surface area contributed by atoms with Gasteiger partial charge in [0.15, 0.2) is 0 Å². The molecule has 0 saturated heterocycles. The summed E-state index contributed by atoms with van der Waals surface area (Å²) in [5, 5.41) is 4.01. The Morgan fingerprint density at radius 2 is 2.09 bits per heavy atom. The molecule has 2 rings (SSSR count). The van der Waals surface area contributed by atoms with E-state index in [1.807, 2.05) is 75.6 Å². The molecule has 0 aliphatic heterocycles. The van der Waals surface area contributed by atoms with Crippen LogP contribution >= 0.6 is 0 Å². The molecule has 0 radical (unpaired) electrons. The number of ether oxygens (including phenoxy) is 1. The summed E-state index contributed by atoms with van der Waals surface area (Å²) in [6.45, 7) is 11.1. The van der Waals surface area contributed by atoms with E-state index >= 15 is 0 Å². The second-order valence-corrected chi connectivity index (χ2v) is 6.54. The highest BCUT2D eigenvalue weighted by molar-refractivity contribution is 6.00. The van der Waals surface area contributed by atoms with E-state index in [0.29, 0.717) is 18.8 Å². The number of fused-ring (bicyclic) bond motifs is 1. The Bertz CT molecular complexity index is 721. The largest absolute Gasteiger partial charge is 0.493 e. The van der Waals surface area contributed by atoms with Crippen LogP contribution in [-0.4, -0.2) is 22.6 Å². The Kier molecular flexibility index (Phi) is 5.14. The fourth-order valence-corrected chi connectivity index (χ4v) is 2.54. The zero-order chi connectivity index (χ0) is 17.0. The van der Waals surface area contributed by atoms with Crippen molar-refractivity contribution in [3.63, 3.8) is 0 Å². The van der Waals surface area contributed by atoms with Crippen molar-refractivity contribution in [2.75, 3.05) is 6.61 Å². The quantitative estimate of drug-likeness (QED) is 0.843. The summed E-state index contributed by atoms with van der Waals surface area (Å²) in [6.07, 6.45) is 4.03. The van der Waals surface area contributed by atoms with Crippen molar-refractivity contribution >= 4 is 16.8 Å². The number of allylic oxidation sites excluding steroid dienone is 2. The van der Waals surface area contributed by atoms with Crippen LogP contribution < -0.4 is 10.1 Å². The van der Waals surface area contributed by atoms with E-state index in [1.165, 1.54) is 0 Å². The monoisotopic (exact) mass is 314 g/mol. The molecule has 124 valence electrons. The number of hydrogen-bond acceptors (Lipinski definition) is 2. The maximum atomic E-state index is 12.7. The van der Waals surface area contributed by atoms with Gasteiger partial charge in [0, 0.05) is 17.5 Å². The fraction of sp³-hybridized carbons (Fsp3) is 0.421. The molecule has 0 unspecified atom stereocenters. The van der Waals surface area contributed by atoms with Gasteiger partial charge in [-0.15, -0.1) is 0 Å². The summed E-state index contributed by atoms with van der Waals surface area (Å²) >= 11 is 0. The first-order chi connectivity index (χ1) is 10.9. The van der Waals surface area contributed by atoms with Gasteiger partial charge in [0.25, 0.3) is 5.91 Å². The molecule has 4 heteroatoms. The maximum absolute atomic E-state index is 12.7. The SMILES string of the molecule is C/C=C\Cn1c(C(=O)NC(C)(C)C)cc2c(OCC)cccc21. The Balaban J connectivity index is 2.57. The lowest BCUT2D eigenvalue weighted by Gasteiger charge is -2.21. The van der Waals surface area contributed by atoms with Crippen LogP contribution in [0.15, 0.2) is 36.4 Å². The van der Waals surface area contributed by atoms with Crippen molar-refractivity contribution < 1.29 is 9.53 Å². The molecule has 0 saturated carbocycles. The molecule has 2 aromatic rings. The molecule has 0 atom stereocenters. The van der Waals surface area contributed by atoms with Crippen molar-refractivity contribution in [3.05, 3.63) is 42.1 Å². The number of nitrogens with zero attached hydrogens (tertiary/aromatic N) is 1. The first-order valence-corrected chi connectivity index (χ1v) is 8.06. The minimum Gasteiger partial charge on any atom is -0.493 e. The zero-order valence-corrected chi connectivity index (χ0v) is 14.6. The van der Waals surface area contributed by atoms with Crippen LogP contribution in [0.1, 0.15) is 45.1 Å². The zero-order valence-electron chi connectivity index (χ0n) is 14.6. The summed E-state index contributed by atoms with van der Waals surface area (Å²) < 4.78 is 7.74. The molecule has 1 aromatic heterocycles. The summed E-state index contributed by atoms with van der Waals surface area (Å²) in [7, 11) is 0. The lowest BCUT2D eigenvalue weighted by atomic mass is 10.1. The summed E-state index contributed by atoms with van der Waals surface area (Å²) in [6, 6.07) is 7.85. The highest BCUT2D eigenvalue weighted by Crippen LogP contribution is 2.29. The highest BCUT2D eigenvalue weighted by atomic mass is 16.5. The number of carbonyl (C=O) groups is 1. The smallest absolute Gasteiger partial charge is 0.268 e. The van der Waals surface area contributed by atoms with Gasteiger partial charge in [-0.05, 0) is 52.8 Å². The van der Waals surface area contributed by atoms with Crippen molar-refractivity contribution in [1.29, 1.82) is 0 Å². The third kappa shape index (κ3) is 3.95. The van der Waals surface area contributed by atoms with Gasteiger partial charge in [-0.2, -0.15) is 0 Å². The number of benzene rings is 1. The lowest BCUT2D eigenvalue weighted by molar-refractivity contribution is 0.0911. The van der Waals surface area contributed by atoms with E-state index < -0.39 is 0 Å². The lowest BCUT2D eigenvalue weighted by Crippen LogP contribution is -2.41. The van der Waals surface area contributed by atoms with Crippen LogP contribution in [0, 0.1) is 0 Å². The highest BCUT2D eigenvalue weighted by Gasteiger charge is 2.21. The van der Waals surface area contributed by atoms with Gasteiger partial charge >= 0.3 is 0 Å². The number of rotatable bonds is 5. The first kappa shape index (κ1) is 17.1. The van der Waals surface area contributed by atoms with Gasteiger partial charge in [0.05, 0.1) is 12.1 Å². The Hall–Kier alpha value is -2.23. The molecular formula is C19H26N2O2. The average molecular weight is 314 g/mol. The third-order valence-electron chi connectivity index (χ3n) is 3.45. The fourth-order valence-electron chi connectivity index (χ4n) is 2.54. The summed E-state index contributed by atoms with van der Waals surface area (Å²) in [5.74, 6) is 0.745. The van der Waals surface area contributed by atoms with E-state index in [4.69, 9.17) is 4.74 Å². The average Bonchev–Trinajstić information content (AvgIpc) is 2.83. The molecule has 1 amide bonds. The molecule has 0 aliphatic carbocycles. The second kappa shape index (κ2) is 6.90. The molecule has 0 bridgehead atoms. The minimum atomic E-state index is -0.276. The molecule has 1 heterocycles. The van der Waals surface area contributed by atoms with Gasteiger partial charge in [-0.3, -0.25) is 4.79 Å². The van der Waals surface area contributed by atoms with E-state index in [2.05, 4.69) is 5.32 Å². The standard InChI is InChI=1S/C19H26N2O2/c1-6-8-12-21-15-10-9-11-17(23-7-2)14(15)13-16(21)18(22)20-19(3,4)5/h6,8-11,13H,7,12H2,1-5H3,(H,20,22)/b8-6-. The molecular weight excluding hydrogens is 288 g/mol. The number of nitrogens with one attached hydrogen (secondary N) is 1. The van der Waals surface area contributed by atoms with Crippen molar-refractivity contribution in [2.45, 2.75) is 46.7 Å². The van der Waals surface area contributed by atoms with Crippen molar-refractivity contribution in [2.24, 2.45) is 0 Å². The van der Waals surface area contributed by atoms with E-state index in [9.17, 15) is 4.79 Å². The van der Waals surface area contributed by atoms with Crippen LogP contribution in [0.3, 0.4) is 0 Å². The summed E-state index contributed by atoms with van der Waals surface area (Å²) in [5.41, 5.74) is 1.38. The predicted octanol–water partition coefficient (Wildman–Crippen LogP) is 4.14. The molecule has 4 nitrogen and oxygen atoms in total. The van der Waals surface area contributed by atoms with E-state index in [-0.39, 0.29) is 11.4 Å². The Labute approximate surface area is 138 Å². The summed E-state index contributed by atoms with van der Waals surface area (Å²) in [4.78, 5) is 12.7. The normalized spacial score (nSPS) is 12.0. The first-order valence-electron chi connectivity index (χ1n) is 8.06. The Morgan fingerprint density at radius 3 is 2.70 bits per heavy atom. The van der Waals surface area contributed by atoms with E-state index in [1.54, 1.807) is 0 Å². The number of hydrogen-bond donors (Lipinski definition) is 1. The van der Waals surface area contributed by atoms with Crippen LogP contribution in [0.25, 0.3) is 10.9 Å². The van der Waals surface area contributed by atoms with E-state index in [0.717, 1.165) is 16.7 Å². The van der Waals surface area contributed by atoms with Gasteiger partial charge in [-0.1, -0.05) is 18.2 Å². The number of aromatic nitrogens is 1. The maximum Gasteiger partial charge on any atom is 0.268 e. The number of amides is 1. The van der Waals surface area contributed by atoms with Gasteiger partial charge in [0.1, 0.15) is 11.4 Å². The third-order valence-corrected chi connectivity index (χ3v) is 3.45. The molecule has 0 fully saturated rings.